The molecule has 0 bridgehead atoms. The van der Waals surface area contributed by atoms with E-state index in [0.717, 1.165) is 51.9 Å². The molecular formula is C16H31N3O2. The van der Waals surface area contributed by atoms with E-state index in [0.29, 0.717) is 18.5 Å². The lowest BCUT2D eigenvalue weighted by Gasteiger charge is -2.36. The van der Waals surface area contributed by atoms with Crippen LogP contribution in [-0.2, 0) is 4.79 Å². The first-order valence-electron chi connectivity index (χ1n) is 8.27. The molecule has 1 aliphatic heterocycles. The van der Waals surface area contributed by atoms with Gasteiger partial charge in [-0.3, -0.25) is 9.69 Å². The van der Waals surface area contributed by atoms with Crippen molar-refractivity contribution in [1.29, 1.82) is 0 Å². The fraction of sp³-hybridized carbons (Fsp3) is 0.938. The lowest BCUT2D eigenvalue weighted by molar-refractivity contribution is -0.123. The van der Waals surface area contributed by atoms with Gasteiger partial charge >= 0.3 is 0 Å². The molecule has 0 aromatic carbocycles. The van der Waals surface area contributed by atoms with E-state index in [4.69, 9.17) is 0 Å². The SMILES string of the molecule is CN1CCN(CC(=O)NC2CCC(C(C)(C)O)CC2)CC1. The number of carbonyl (C=O) groups excluding carboxylic acids is 1. The molecule has 2 fully saturated rings. The molecule has 5 nitrogen and oxygen atoms in total. The molecule has 2 N–H and O–H groups in total. The third-order valence-corrected chi connectivity index (χ3v) is 5.05. The molecule has 0 unspecified atom stereocenters. The van der Waals surface area contributed by atoms with Crippen molar-refractivity contribution in [2.75, 3.05) is 39.8 Å². The van der Waals surface area contributed by atoms with Crippen LogP contribution in [0.2, 0.25) is 0 Å². The first kappa shape index (κ1) is 16.7. The Morgan fingerprint density at radius 3 is 2.24 bits per heavy atom. The van der Waals surface area contributed by atoms with Gasteiger partial charge in [0.2, 0.25) is 5.91 Å². The van der Waals surface area contributed by atoms with Gasteiger partial charge < -0.3 is 15.3 Å². The van der Waals surface area contributed by atoms with Crippen LogP contribution in [-0.4, -0.2) is 72.2 Å². The van der Waals surface area contributed by atoms with E-state index >= 15 is 0 Å². The summed E-state index contributed by atoms with van der Waals surface area (Å²) in [5.41, 5.74) is -0.588. The van der Waals surface area contributed by atoms with Crippen LogP contribution in [0.3, 0.4) is 0 Å². The summed E-state index contributed by atoms with van der Waals surface area (Å²) in [7, 11) is 2.12. The van der Waals surface area contributed by atoms with Gasteiger partial charge in [-0.05, 0) is 52.5 Å². The predicted octanol–water partition coefficient (Wildman–Crippen LogP) is 0.680. The predicted molar refractivity (Wildman–Crippen MR) is 84.1 cm³/mol. The average molecular weight is 297 g/mol. The molecule has 1 heterocycles. The number of aliphatic hydroxyl groups is 1. The molecule has 1 amide bonds. The molecular weight excluding hydrogens is 266 g/mol. The Hall–Kier alpha value is -0.650. The Bertz CT molecular complexity index is 338. The summed E-state index contributed by atoms with van der Waals surface area (Å²) in [6.45, 7) is 8.37. The number of rotatable bonds is 4. The third kappa shape index (κ3) is 5.24. The van der Waals surface area contributed by atoms with Gasteiger partial charge in [-0.2, -0.15) is 0 Å². The Morgan fingerprint density at radius 1 is 1.14 bits per heavy atom. The standard InChI is InChI=1S/C16H31N3O2/c1-16(2,21)13-4-6-14(7-5-13)17-15(20)12-19-10-8-18(3)9-11-19/h13-14,21H,4-12H2,1-3H3,(H,17,20). The van der Waals surface area contributed by atoms with Crippen LogP contribution in [0.1, 0.15) is 39.5 Å². The molecule has 0 spiro atoms. The van der Waals surface area contributed by atoms with E-state index in [1.807, 2.05) is 13.8 Å². The van der Waals surface area contributed by atoms with Gasteiger partial charge in [0.1, 0.15) is 0 Å². The minimum Gasteiger partial charge on any atom is -0.390 e. The molecule has 0 aromatic rings. The number of piperazine rings is 1. The molecule has 0 radical (unpaired) electrons. The maximum atomic E-state index is 12.1. The zero-order valence-electron chi connectivity index (χ0n) is 13.8. The fourth-order valence-electron chi connectivity index (χ4n) is 3.43. The normalized spacial score (nSPS) is 29.3. The smallest absolute Gasteiger partial charge is 0.234 e. The number of amides is 1. The van der Waals surface area contributed by atoms with Crippen molar-refractivity contribution in [1.82, 2.24) is 15.1 Å². The van der Waals surface area contributed by atoms with Gasteiger partial charge in [-0.1, -0.05) is 0 Å². The van der Waals surface area contributed by atoms with Crippen LogP contribution >= 0.6 is 0 Å². The van der Waals surface area contributed by atoms with Gasteiger partial charge in [0.15, 0.2) is 0 Å². The topological polar surface area (TPSA) is 55.8 Å². The Morgan fingerprint density at radius 2 is 1.71 bits per heavy atom. The van der Waals surface area contributed by atoms with Crippen molar-refractivity contribution in [3.8, 4) is 0 Å². The highest BCUT2D eigenvalue weighted by Crippen LogP contribution is 2.32. The molecule has 1 saturated heterocycles. The zero-order valence-corrected chi connectivity index (χ0v) is 13.8. The van der Waals surface area contributed by atoms with Crippen LogP contribution in [0, 0.1) is 5.92 Å². The average Bonchev–Trinajstić information content (AvgIpc) is 2.41. The van der Waals surface area contributed by atoms with Crippen LogP contribution in [0.15, 0.2) is 0 Å². The third-order valence-electron chi connectivity index (χ3n) is 5.05. The maximum Gasteiger partial charge on any atom is 0.234 e. The molecule has 0 atom stereocenters. The summed E-state index contributed by atoms with van der Waals surface area (Å²) in [6, 6.07) is 0.295. The Kier molecular flexibility index (Phi) is 5.63. The molecule has 1 aliphatic carbocycles. The van der Waals surface area contributed by atoms with Crippen molar-refractivity contribution in [2.45, 2.75) is 51.2 Å². The van der Waals surface area contributed by atoms with Crippen LogP contribution in [0.25, 0.3) is 0 Å². The number of hydrogen-bond acceptors (Lipinski definition) is 4. The number of hydrogen-bond donors (Lipinski definition) is 2. The summed E-state index contributed by atoms with van der Waals surface area (Å²) in [5, 5.41) is 13.2. The van der Waals surface area contributed by atoms with E-state index in [9.17, 15) is 9.90 Å². The maximum absolute atomic E-state index is 12.1. The molecule has 5 heteroatoms. The minimum atomic E-state index is -0.588. The molecule has 122 valence electrons. The van der Waals surface area contributed by atoms with Crippen LogP contribution < -0.4 is 5.32 Å². The van der Waals surface area contributed by atoms with E-state index in [-0.39, 0.29) is 5.91 Å². The van der Waals surface area contributed by atoms with E-state index in [1.165, 1.54) is 0 Å². The van der Waals surface area contributed by atoms with E-state index in [1.54, 1.807) is 0 Å². The first-order valence-corrected chi connectivity index (χ1v) is 8.27. The lowest BCUT2D eigenvalue weighted by atomic mass is 9.77. The first-order chi connectivity index (χ1) is 9.84. The second-order valence-corrected chi connectivity index (χ2v) is 7.35. The van der Waals surface area contributed by atoms with E-state index in [2.05, 4.69) is 22.2 Å². The fourth-order valence-corrected chi connectivity index (χ4v) is 3.43. The second kappa shape index (κ2) is 7.07. The summed E-state index contributed by atoms with van der Waals surface area (Å²) >= 11 is 0. The largest absolute Gasteiger partial charge is 0.390 e. The Balaban J connectivity index is 1.67. The van der Waals surface area contributed by atoms with Gasteiger partial charge in [-0.15, -0.1) is 0 Å². The highest BCUT2D eigenvalue weighted by Gasteiger charge is 2.31. The van der Waals surface area contributed by atoms with Crippen LogP contribution in [0.4, 0.5) is 0 Å². The van der Waals surface area contributed by atoms with E-state index < -0.39 is 5.60 Å². The summed E-state index contributed by atoms with van der Waals surface area (Å²) in [5.74, 6) is 0.523. The van der Waals surface area contributed by atoms with Gasteiger partial charge in [-0.25, -0.2) is 0 Å². The monoisotopic (exact) mass is 297 g/mol. The van der Waals surface area contributed by atoms with Crippen molar-refractivity contribution in [3.63, 3.8) is 0 Å². The minimum absolute atomic E-state index is 0.159. The zero-order chi connectivity index (χ0) is 15.5. The molecule has 2 rings (SSSR count). The summed E-state index contributed by atoms with van der Waals surface area (Å²) < 4.78 is 0. The number of nitrogens with one attached hydrogen (secondary N) is 1. The highest BCUT2D eigenvalue weighted by atomic mass is 16.3. The van der Waals surface area contributed by atoms with Crippen molar-refractivity contribution < 1.29 is 9.90 Å². The van der Waals surface area contributed by atoms with Gasteiger partial charge in [0, 0.05) is 32.2 Å². The number of nitrogens with zero attached hydrogens (tertiary/aromatic N) is 2. The van der Waals surface area contributed by atoms with Crippen molar-refractivity contribution in [2.24, 2.45) is 5.92 Å². The van der Waals surface area contributed by atoms with Gasteiger partial charge in [0.25, 0.3) is 0 Å². The molecule has 21 heavy (non-hydrogen) atoms. The van der Waals surface area contributed by atoms with Crippen LogP contribution in [0.5, 0.6) is 0 Å². The summed E-state index contributed by atoms with van der Waals surface area (Å²) in [4.78, 5) is 16.7. The molecule has 0 aromatic heterocycles. The lowest BCUT2D eigenvalue weighted by Crippen LogP contribution is -2.50. The number of likely N-dealkylation sites (N-methyl/N-ethyl adjacent to an activating group) is 1. The molecule has 2 aliphatic rings. The molecule has 1 saturated carbocycles. The van der Waals surface area contributed by atoms with Gasteiger partial charge in [0.05, 0.1) is 12.1 Å². The highest BCUT2D eigenvalue weighted by molar-refractivity contribution is 5.78. The number of carbonyl (C=O) groups is 1. The summed E-state index contributed by atoms with van der Waals surface area (Å²) in [6.07, 6.45) is 3.98. The quantitative estimate of drug-likeness (QED) is 0.801. The Labute approximate surface area is 128 Å². The van der Waals surface area contributed by atoms with Crippen molar-refractivity contribution in [3.05, 3.63) is 0 Å². The van der Waals surface area contributed by atoms with Crippen molar-refractivity contribution >= 4 is 5.91 Å². The second-order valence-electron chi connectivity index (χ2n) is 7.35.